The summed E-state index contributed by atoms with van der Waals surface area (Å²) in [7, 11) is -1.30. The number of benzene rings is 1. The molecule has 4 rings (SSSR count). The average Bonchev–Trinajstić information content (AvgIpc) is 3.16. The van der Waals surface area contributed by atoms with Crippen molar-refractivity contribution in [2.75, 3.05) is 25.5 Å². The first-order valence-corrected chi connectivity index (χ1v) is 12.3. The topological polar surface area (TPSA) is 97.6 Å². The van der Waals surface area contributed by atoms with E-state index in [4.69, 9.17) is 5.26 Å². The minimum Gasteiger partial charge on any atom is -0.307 e. The first-order valence-electron chi connectivity index (χ1n) is 10.7. The molecule has 0 aromatic heterocycles. The molecule has 3 aliphatic carbocycles. The van der Waals surface area contributed by atoms with E-state index in [0.717, 1.165) is 56.7 Å². The number of rotatable bonds is 7. The van der Waals surface area contributed by atoms with Crippen molar-refractivity contribution in [1.82, 2.24) is 9.62 Å². The molecule has 2 amide bonds. The van der Waals surface area contributed by atoms with Crippen molar-refractivity contribution in [3.8, 4) is 6.19 Å². The van der Waals surface area contributed by atoms with Crippen LogP contribution in [0.25, 0.3) is 0 Å². The molecule has 160 valence electrons. The molecule has 8 heteroatoms. The molecule has 1 saturated carbocycles. The third-order valence-electron chi connectivity index (χ3n) is 6.09. The van der Waals surface area contributed by atoms with Gasteiger partial charge in [-0.2, -0.15) is 5.26 Å². The Bertz CT molecular complexity index is 997. The van der Waals surface area contributed by atoms with Gasteiger partial charge in [0.05, 0.1) is 0 Å². The second-order valence-electron chi connectivity index (χ2n) is 8.59. The summed E-state index contributed by atoms with van der Waals surface area (Å²) in [5.74, 6) is 0.759. The molecule has 0 saturated heterocycles. The van der Waals surface area contributed by atoms with Crippen LogP contribution in [-0.4, -0.2) is 35.3 Å². The number of hydrogen-bond donors (Lipinski definition) is 2. The lowest BCUT2D eigenvalue weighted by Crippen LogP contribution is -2.33. The molecule has 1 fully saturated rings. The van der Waals surface area contributed by atoms with Crippen LogP contribution in [0.4, 0.5) is 10.5 Å². The molecule has 0 aliphatic heterocycles. The summed E-state index contributed by atoms with van der Waals surface area (Å²) < 4.78 is 18.9. The quantitative estimate of drug-likeness (QED) is 0.651. The second kappa shape index (κ2) is 8.78. The lowest BCUT2D eigenvalue weighted by Gasteiger charge is -2.17. The van der Waals surface area contributed by atoms with Crippen LogP contribution >= 0.6 is 0 Å². The smallest absolute Gasteiger partial charge is 0.307 e. The lowest BCUT2D eigenvalue weighted by molar-refractivity contribution is 0.257. The van der Waals surface area contributed by atoms with E-state index in [1.54, 1.807) is 12.3 Å². The Morgan fingerprint density at radius 3 is 2.53 bits per heavy atom. The zero-order chi connectivity index (χ0) is 21.1. The predicted octanol–water partition coefficient (Wildman–Crippen LogP) is 3.51. The number of carbonyl (C=O) groups is 1. The fourth-order valence-electron chi connectivity index (χ4n) is 4.56. The van der Waals surface area contributed by atoms with Crippen LogP contribution in [0.2, 0.25) is 0 Å². The van der Waals surface area contributed by atoms with Crippen molar-refractivity contribution in [3.05, 3.63) is 39.8 Å². The maximum atomic E-state index is 13.0. The molecule has 3 aliphatic rings. The highest BCUT2D eigenvalue weighted by Crippen LogP contribution is 2.38. The predicted molar refractivity (Wildman–Crippen MR) is 118 cm³/mol. The number of nitrogens with one attached hydrogen (secondary N) is 2. The number of nitrogens with zero attached hydrogens (tertiary/aromatic N) is 3. The molecule has 7 nitrogen and oxygen atoms in total. The van der Waals surface area contributed by atoms with Crippen molar-refractivity contribution < 1.29 is 9.00 Å². The molecule has 0 spiro atoms. The molecule has 30 heavy (non-hydrogen) atoms. The molecule has 0 radical (unpaired) electrons. The van der Waals surface area contributed by atoms with Crippen molar-refractivity contribution in [1.29, 1.82) is 5.26 Å². The summed E-state index contributed by atoms with van der Waals surface area (Å²) in [6, 6.07) is 1.72. The zero-order valence-electron chi connectivity index (χ0n) is 17.4. The van der Waals surface area contributed by atoms with Gasteiger partial charge in [0.2, 0.25) is 6.19 Å². The fourth-order valence-corrected chi connectivity index (χ4v) is 5.52. The molecule has 0 bridgehead atoms. The highest BCUT2D eigenvalue weighted by atomic mass is 32.2. The summed E-state index contributed by atoms with van der Waals surface area (Å²) in [4.78, 5) is 14.9. The van der Waals surface area contributed by atoms with Gasteiger partial charge in [-0.05, 0) is 86.6 Å². The van der Waals surface area contributed by atoms with Crippen molar-refractivity contribution in [3.63, 3.8) is 0 Å². The largest absolute Gasteiger partial charge is 0.331 e. The minimum absolute atomic E-state index is 0.579. The molecular formula is C22H29N5O2S. The van der Waals surface area contributed by atoms with Gasteiger partial charge >= 0.3 is 6.03 Å². The number of hydrogen-bond acceptors (Lipinski definition) is 5. The minimum atomic E-state index is -3.30. The van der Waals surface area contributed by atoms with Crippen LogP contribution in [0, 0.1) is 17.4 Å². The van der Waals surface area contributed by atoms with Crippen molar-refractivity contribution in [2.45, 2.75) is 51.4 Å². The maximum Gasteiger partial charge on any atom is 0.331 e. The van der Waals surface area contributed by atoms with Gasteiger partial charge in [-0.1, -0.05) is 16.5 Å². The Morgan fingerprint density at radius 2 is 1.93 bits per heavy atom. The summed E-state index contributed by atoms with van der Waals surface area (Å²) in [5, 5.41) is 13.3. The van der Waals surface area contributed by atoms with Gasteiger partial charge in [-0.3, -0.25) is 0 Å². The maximum absolute atomic E-state index is 13.0. The van der Waals surface area contributed by atoms with E-state index in [1.165, 1.54) is 40.5 Å². The second-order valence-corrected chi connectivity index (χ2v) is 10.4. The average molecular weight is 428 g/mol. The normalized spacial score (nSPS) is 19.2. The Kier molecular flexibility index (Phi) is 6.11. The van der Waals surface area contributed by atoms with Crippen molar-refractivity contribution in [2.24, 2.45) is 10.3 Å². The fraction of sp³-hybridized carbons (Fsp3) is 0.545. The molecule has 2 N–H and O–H groups in total. The van der Waals surface area contributed by atoms with Gasteiger partial charge < -0.3 is 10.2 Å². The molecule has 1 aromatic rings. The molecule has 1 unspecified atom stereocenters. The standard InChI is InChI=1S/C22H29N5O2S/c1-27(14-16-9-10-16)11-4-12-30(29,24-15-23)26-22(28)25-21-19-7-2-5-17(19)13-18-6-3-8-20(18)21/h4,12-13,16H,2-3,5-11,14H2,1H3,(H2,24,25,26,28,29)/b12-4+. The summed E-state index contributed by atoms with van der Waals surface area (Å²) >= 11 is 0. The van der Waals surface area contributed by atoms with Crippen LogP contribution < -0.4 is 10.0 Å². The molecule has 1 atom stereocenters. The number of nitriles is 1. The summed E-state index contributed by atoms with van der Waals surface area (Å²) in [6.45, 7) is 1.59. The number of likely N-dealkylation sites (N-methyl/N-ethyl adjacent to an activating group) is 1. The van der Waals surface area contributed by atoms with Crippen LogP contribution in [0.5, 0.6) is 0 Å². The van der Waals surface area contributed by atoms with E-state index in [-0.39, 0.29) is 0 Å². The van der Waals surface area contributed by atoms with Gasteiger partial charge in [0, 0.05) is 24.2 Å². The van der Waals surface area contributed by atoms with Crippen molar-refractivity contribution >= 4 is 21.6 Å². The zero-order valence-corrected chi connectivity index (χ0v) is 18.3. The first kappa shape index (κ1) is 20.9. The van der Waals surface area contributed by atoms with Crippen LogP contribution in [0.15, 0.2) is 21.9 Å². The van der Waals surface area contributed by atoms with Gasteiger partial charge in [-0.15, -0.1) is 0 Å². The number of anilines is 1. The lowest BCUT2D eigenvalue weighted by atomic mass is 9.99. The number of carbonyl (C=O) groups excluding carboxylic acids is 1. The Labute approximate surface area is 178 Å². The molecular weight excluding hydrogens is 398 g/mol. The first-order chi connectivity index (χ1) is 14.5. The van der Waals surface area contributed by atoms with E-state index in [2.05, 4.69) is 25.4 Å². The number of fused-ring (bicyclic) bond motifs is 2. The third-order valence-corrected chi connectivity index (χ3v) is 7.48. The van der Waals surface area contributed by atoms with E-state index in [9.17, 15) is 9.00 Å². The van der Waals surface area contributed by atoms with Gasteiger partial charge in [-0.25, -0.2) is 13.7 Å². The summed E-state index contributed by atoms with van der Waals surface area (Å²) in [6.07, 6.45) is 12.0. The number of urea groups is 1. The number of amides is 2. The molecule has 1 aromatic carbocycles. The van der Waals surface area contributed by atoms with E-state index in [0.29, 0.717) is 6.54 Å². The Hall–Kier alpha value is -2.37. The number of aryl methyl sites for hydroxylation is 2. The van der Waals surface area contributed by atoms with E-state index >= 15 is 0 Å². The summed E-state index contributed by atoms with van der Waals surface area (Å²) in [5.41, 5.74) is 5.90. The van der Waals surface area contributed by atoms with E-state index < -0.39 is 15.9 Å². The van der Waals surface area contributed by atoms with Gasteiger partial charge in [0.25, 0.3) is 0 Å². The van der Waals surface area contributed by atoms with E-state index in [1.807, 2.05) is 7.05 Å². The highest BCUT2D eigenvalue weighted by Gasteiger charge is 2.25. The van der Waals surface area contributed by atoms with Crippen LogP contribution in [0.1, 0.15) is 47.9 Å². The van der Waals surface area contributed by atoms with Gasteiger partial charge in [0.15, 0.2) is 9.92 Å². The Morgan fingerprint density at radius 1 is 1.27 bits per heavy atom. The van der Waals surface area contributed by atoms with Crippen LogP contribution in [-0.2, 0) is 35.6 Å². The van der Waals surface area contributed by atoms with Gasteiger partial charge in [0.1, 0.15) is 0 Å². The third kappa shape index (κ3) is 4.85. The monoisotopic (exact) mass is 427 g/mol. The Balaban J connectivity index is 1.46. The SMILES string of the molecule is CN(C/C=C/S(=O)(=NC#N)NC(=O)Nc1c2c(cc3c1CCC3)CCC2)CC1CC1. The van der Waals surface area contributed by atoms with Crippen LogP contribution in [0.3, 0.4) is 0 Å². The molecule has 0 heterocycles. The highest BCUT2D eigenvalue weighted by molar-refractivity contribution is 7.95.